The molecule has 2 aromatic heterocycles. The van der Waals surface area contributed by atoms with Crippen LogP contribution in [0.25, 0.3) is 11.0 Å². The number of benzene rings is 1. The highest BCUT2D eigenvalue weighted by Crippen LogP contribution is 2.26. The Morgan fingerprint density at radius 3 is 2.64 bits per heavy atom. The number of aryl methyl sites for hydroxylation is 4. The Morgan fingerprint density at radius 1 is 1.21 bits per heavy atom. The molecule has 1 amide bonds. The number of nitrogens with zero attached hydrogens (tertiary/aromatic N) is 3. The summed E-state index contributed by atoms with van der Waals surface area (Å²) in [4.78, 5) is 17.4. The van der Waals surface area contributed by atoms with Gasteiger partial charge in [0.05, 0.1) is 6.20 Å². The number of fused-ring (bicyclic) bond motifs is 1. The first-order chi connectivity index (χ1) is 13.3. The van der Waals surface area contributed by atoms with Crippen molar-refractivity contribution in [1.29, 1.82) is 0 Å². The molecule has 0 saturated carbocycles. The molecule has 0 aliphatic rings. The van der Waals surface area contributed by atoms with Gasteiger partial charge in [0.2, 0.25) is 5.91 Å². The van der Waals surface area contributed by atoms with E-state index in [1.54, 1.807) is 0 Å². The highest BCUT2D eigenvalue weighted by Gasteiger charge is 2.16. The van der Waals surface area contributed by atoms with Gasteiger partial charge in [-0.05, 0) is 69.7 Å². The number of hydrogen-bond acceptors (Lipinski definition) is 3. The van der Waals surface area contributed by atoms with Crippen molar-refractivity contribution in [2.45, 2.75) is 66.8 Å². The number of carbonyl (C=O) groups is 1. The van der Waals surface area contributed by atoms with E-state index in [1.165, 1.54) is 11.1 Å². The highest BCUT2D eigenvalue weighted by molar-refractivity contribution is 5.92. The second kappa shape index (κ2) is 8.13. The number of nitrogens with one attached hydrogen (secondary N) is 1. The van der Waals surface area contributed by atoms with Crippen molar-refractivity contribution in [3.05, 3.63) is 52.3 Å². The van der Waals surface area contributed by atoms with Crippen LogP contribution < -0.4 is 5.32 Å². The van der Waals surface area contributed by atoms with E-state index in [4.69, 9.17) is 4.98 Å². The zero-order valence-electron chi connectivity index (χ0n) is 17.8. The van der Waals surface area contributed by atoms with E-state index in [0.29, 0.717) is 12.8 Å². The topological polar surface area (TPSA) is 59.8 Å². The van der Waals surface area contributed by atoms with Gasteiger partial charge in [0, 0.05) is 29.2 Å². The first-order valence-corrected chi connectivity index (χ1v) is 10.0. The van der Waals surface area contributed by atoms with Crippen LogP contribution in [0, 0.1) is 20.8 Å². The van der Waals surface area contributed by atoms with Crippen LogP contribution in [-0.2, 0) is 17.6 Å². The molecular formula is C23H30N4O. The van der Waals surface area contributed by atoms with Gasteiger partial charge in [-0.2, -0.15) is 5.10 Å². The number of rotatable bonds is 6. The molecule has 0 radical (unpaired) electrons. The fraction of sp³-hybridized carbons (Fsp3) is 0.435. The van der Waals surface area contributed by atoms with Crippen molar-refractivity contribution in [3.8, 4) is 0 Å². The van der Waals surface area contributed by atoms with E-state index < -0.39 is 0 Å². The summed E-state index contributed by atoms with van der Waals surface area (Å²) in [5.41, 5.74) is 7.44. The van der Waals surface area contributed by atoms with E-state index in [1.807, 2.05) is 36.9 Å². The van der Waals surface area contributed by atoms with Crippen molar-refractivity contribution in [2.75, 3.05) is 5.32 Å². The third-order valence-corrected chi connectivity index (χ3v) is 5.43. The highest BCUT2D eigenvalue weighted by atomic mass is 16.1. The van der Waals surface area contributed by atoms with Gasteiger partial charge in [-0.1, -0.05) is 25.1 Å². The predicted octanol–water partition coefficient (Wildman–Crippen LogP) is 5.07. The lowest BCUT2D eigenvalue weighted by atomic mass is 10.00. The zero-order chi connectivity index (χ0) is 20.4. The smallest absolute Gasteiger partial charge is 0.224 e. The fourth-order valence-corrected chi connectivity index (χ4v) is 3.78. The van der Waals surface area contributed by atoms with Crippen LogP contribution in [-0.4, -0.2) is 20.7 Å². The maximum Gasteiger partial charge on any atom is 0.224 e. The number of amides is 1. The average Bonchev–Trinajstić information content (AvgIpc) is 3.07. The molecule has 0 fully saturated rings. The molecule has 0 spiro atoms. The number of pyridine rings is 1. The van der Waals surface area contributed by atoms with Gasteiger partial charge >= 0.3 is 0 Å². The molecule has 1 aromatic carbocycles. The quantitative estimate of drug-likeness (QED) is 0.651. The summed E-state index contributed by atoms with van der Waals surface area (Å²) in [7, 11) is 0. The van der Waals surface area contributed by atoms with E-state index in [2.05, 4.69) is 44.2 Å². The van der Waals surface area contributed by atoms with Gasteiger partial charge < -0.3 is 5.32 Å². The average molecular weight is 379 g/mol. The third kappa shape index (κ3) is 3.79. The largest absolute Gasteiger partial charge is 0.326 e. The van der Waals surface area contributed by atoms with Crippen molar-refractivity contribution < 1.29 is 4.79 Å². The molecule has 0 bridgehead atoms. The minimum atomic E-state index is 0.0424. The molecule has 3 rings (SSSR count). The molecule has 5 nitrogen and oxygen atoms in total. The van der Waals surface area contributed by atoms with Gasteiger partial charge in [0.25, 0.3) is 0 Å². The summed E-state index contributed by atoms with van der Waals surface area (Å²) in [6.45, 7) is 12.5. The summed E-state index contributed by atoms with van der Waals surface area (Å²) < 4.78 is 1.95. The van der Waals surface area contributed by atoms with Crippen LogP contribution in [0.2, 0.25) is 0 Å². The first-order valence-electron chi connectivity index (χ1n) is 10.0. The SMILES string of the molecule is CCc1cccc(C)c1NC(=O)CCc1c(C)nc2c(cnn2C(C)C)c1C. The van der Waals surface area contributed by atoms with Gasteiger partial charge in [-0.15, -0.1) is 0 Å². The Morgan fingerprint density at radius 2 is 1.96 bits per heavy atom. The minimum Gasteiger partial charge on any atom is -0.326 e. The lowest BCUT2D eigenvalue weighted by Gasteiger charge is -2.14. The van der Waals surface area contributed by atoms with Gasteiger partial charge in [-0.25, -0.2) is 9.67 Å². The Labute approximate surface area is 167 Å². The number of anilines is 1. The van der Waals surface area contributed by atoms with E-state index >= 15 is 0 Å². The summed E-state index contributed by atoms with van der Waals surface area (Å²) >= 11 is 0. The van der Waals surface area contributed by atoms with E-state index in [-0.39, 0.29) is 11.9 Å². The second-order valence-corrected chi connectivity index (χ2v) is 7.73. The molecule has 0 unspecified atom stereocenters. The zero-order valence-corrected chi connectivity index (χ0v) is 17.8. The minimum absolute atomic E-state index is 0.0424. The molecule has 0 atom stereocenters. The Hall–Kier alpha value is -2.69. The summed E-state index contributed by atoms with van der Waals surface area (Å²) in [5.74, 6) is 0.0424. The van der Waals surface area contributed by atoms with Crippen LogP contribution in [0.1, 0.15) is 61.2 Å². The molecule has 3 aromatic rings. The molecule has 5 heteroatoms. The molecule has 0 aliphatic heterocycles. The van der Waals surface area contributed by atoms with Crippen molar-refractivity contribution in [2.24, 2.45) is 0 Å². The maximum absolute atomic E-state index is 12.6. The van der Waals surface area contributed by atoms with Crippen molar-refractivity contribution in [1.82, 2.24) is 14.8 Å². The molecule has 2 heterocycles. The molecule has 0 aliphatic carbocycles. The van der Waals surface area contributed by atoms with Crippen molar-refractivity contribution in [3.63, 3.8) is 0 Å². The molecule has 28 heavy (non-hydrogen) atoms. The van der Waals surface area contributed by atoms with E-state index in [9.17, 15) is 4.79 Å². The fourth-order valence-electron chi connectivity index (χ4n) is 3.78. The molecular weight excluding hydrogens is 348 g/mol. The lowest BCUT2D eigenvalue weighted by molar-refractivity contribution is -0.116. The van der Waals surface area contributed by atoms with Gasteiger partial charge in [0.1, 0.15) is 0 Å². The number of para-hydroxylation sites is 1. The first kappa shape index (κ1) is 20.1. The predicted molar refractivity (Wildman–Crippen MR) is 115 cm³/mol. The Balaban J connectivity index is 1.80. The van der Waals surface area contributed by atoms with Crippen LogP contribution in [0.5, 0.6) is 0 Å². The standard InChI is InChI=1S/C23H30N4O/c1-7-18-10-8-9-15(4)22(18)26-21(28)12-11-19-16(5)20-13-24-27(14(2)3)23(20)25-17(19)6/h8-10,13-14H,7,11-12H2,1-6H3,(H,26,28). The summed E-state index contributed by atoms with van der Waals surface area (Å²) in [5, 5.41) is 8.68. The van der Waals surface area contributed by atoms with E-state index in [0.717, 1.165) is 40.0 Å². The summed E-state index contributed by atoms with van der Waals surface area (Å²) in [6.07, 6.45) is 3.90. The molecule has 1 N–H and O–H groups in total. The van der Waals surface area contributed by atoms with Crippen molar-refractivity contribution >= 4 is 22.6 Å². The Kier molecular flexibility index (Phi) is 5.82. The second-order valence-electron chi connectivity index (χ2n) is 7.73. The van der Waals surface area contributed by atoms with Crippen LogP contribution in [0.15, 0.2) is 24.4 Å². The monoisotopic (exact) mass is 378 g/mol. The number of aromatic nitrogens is 3. The van der Waals surface area contributed by atoms with Crippen LogP contribution in [0.3, 0.4) is 0 Å². The van der Waals surface area contributed by atoms with Gasteiger partial charge in [-0.3, -0.25) is 4.79 Å². The normalized spacial score (nSPS) is 11.4. The number of carbonyl (C=O) groups excluding carboxylic acids is 1. The number of hydrogen-bond donors (Lipinski definition) is 1. The van der Waals surface area contributed by atoms with Gasteiger partial charge in [0.15, 0.2) is 5.65 Å². The summed E-state index contributed by atoms with van der Waals surface area (Å²) in [6, 6.07) is 6.41. The Bertz CT molecular complexity index is 1020. The lowest BCUT2D eigenvalue weighted by Crippen LogP contribution is -2.15. The molecule has 0 saturated heterocycles. The van der Waals surface area contributed by atoms with Crippen LogP contribution in [0.4, 0.5) is 5.69 Å². The maximum atomic E-state index is 12.6. The third-order valence-electron chi connectivity index (χ3n) is 5.43. The van der Waals surface area contributed by atoms with Crippen LogP contribution >= 0.6 is 0 Å². The molecule has 148 valence electrons.